The smallest absolute Gasteiger partial charge is 0.211 e. The molecule has 3 rings (SSSR count). The Bertz CT molecular complexity index is 856. The van der Waals surface area contributed by atoms with Crippen LogP contribution in [0, 0.1) is 0 Å². The van der Waals surface area contributed by atoms with Gasteiger partial charge in [0.15, 0.2) is 0 Å². The summed E-state index contributed by atoms with van der Waals surface area (Å²) in [6.45, 7) is 2.77. The average Bonchev–Trinajstić information content (AvgIpc) is 3.06. The first-order valence-corrected chi connectivity index (χ1v) is 12.7. The minimum absolute atomic E-state index is 0.101. The number of hydrogen-bond donors (Lipinski definition) is 1. The summed E-state index contributed by atoms with van der Waals surface area (Å²) in [5.74, 6) is 0.878. The number of nitrogens with zero attached hydrogens (tertiary/aromatic N) is 1. The lowest BCUT2D eigenvalue weighted by Crippen LogP contribution is -2.28. The van der Waals surface area contributed by atoms with Crippen LogP contribution >= 0.6 is 0 Å². The van der Waals surface area contributed by atoms with E-state index >= 15 is 0 Å². The fraction of sp³-hybridized carbons (Fsp3) is 0.500. The Morgan fingerprint density at radius 1 is 0.867 bits per heavy atom. The van der Waals surface area contributed by atoms with Crippen LogP contribution in [0.25, 0.3) is 0 Å². The molecule has 0 saturated carbocycles. The van der Waals surface area contributed by atoms with E-state index in [1.54, 1.807) is 7.11 Å². The van der Waals surface area contributed by atoms with Gasteiger partial charge in [-0.15, -0.1) is 0 Å². The van der Waals surface area contributed by atoms with Gasteiger partial charge in [-0.2, -0.15) is 0 Å². The molecule has 2 aromatic rings. The lowest BCUT2D eigenvalue weighted by atomic mass is 10.1. The number of benzene rings is 2. The molecule has 0 unspecified atom stereocenters. The maximum absolute atomic E-state index is 12.2. The normalized spacial score (nSPS) is 15.0. The number of ether oxygens (including phenoxy) is 1. The zero-order chi connectivity index (χ0) is 21.2. The number of aryl methyl sites for hydroxylation is 2. The second-order valence-electron chi connectivity index (χ2n) is 7.98. The van der Waals surface area contributed by atoms with Gasteiger partial charge in [-0.25, -0.2) is 13.1 Å². The number of methoxy groups -OCH3 is 1. The summed E-state index contributed by atoms with van der Waals surface area (Å²) in [5, 5.41) is 0. The molecule has 0 atom stereocenters. The molecule has 164 valence electrons. The van der Waals surface area contributed by atoms with Crippen LogP contribution in [0.2, 0.25) is 0 Å². The summed E-state index contributed by atoms with van der Waals surface area (Å²) in [6, 6.07) is 16.3. The molecule has 0 radical (unpaired) electrons. The Balaban J connectivity index is 1.38. The van der Waals surface area contributed by atoms with Crippen molar-refractivity contribution in [2.75, 3.05) is 37.4 Å². The summed E-state index contributed by atoms with van der Waals surface area (Å²) >= 11 is 0. The van der Waals surface area contributed by atoms with Crippen molar-refractivity contribution in [1.82, 2.24) is 4.72 Å². The molecular formula is C24H34N2O3S. The molecule has 1 fully saturated rings. The molecule has 0 aliphatic carbocycles. The minimum atomic E-state index is -3.26. The zero-order valence-corrected chi connectivity index (χ0v) is 18.8. The van der Waals surface area contributed by atoms with E-state index in [1.807, 2.05) is 24.3 Å². The third-order valence-corrected chi connectivity index (χ3v) is 7.08. The summed E-state index contributed by atoms with van der Waals surface area (Å²) in [7, 11) is -1.64. The van der Waals surface area contributed by atoms with Crippen LogP contribution in [0.1, 0.15) is 43.2 Å². The van der Waals surface area contributed by atoms with Crippen molar-refractivity contribution < 1.29 is 13.2 Å². The van der Waals surface area contributed by atoms with Crippen molar-refractivity contribution in [1.29, 1.82) is 0 Å². The van der Waals surface area contributed by atoms with Gasteiger partial charge in [-0.3, -0.25) is 0 Å². The lowest BCUT2D eigenvalue weighted by Gasteiger charge is -2.22. The molecule has 2 aromatic carbocycles. The number of hydrogen-bond acceptors (Lipinski definition) is 4. The molecule has 1 N–H and O–H groups in total. The van der Waals surface area contributed by atoms with Crippen molar-refractivity contribution in [2.45, 2.75) is 44.9 Å². The van der Waals surface area contributed by atoms with Gasteiger partial charge in [0.05, 0.1) is 12.9 Å². The summed E-state index contributed by atoms with van der Waals surface area (Å²) in [5.41, 5.74) is 3.55. The van der Waals surface area contributed by atoms with E-state index in [4.69, 9.17) is 4.74 Å². The highest BCUT2D eigenvalue weighted by atomic mass is 32.2. The molecule has 0 aromatic heterocycles. The van der Waals surface area contributed by atoms with Crippen LogP contribution in [0.5, 0.6) is 5.75 Å². The van der Waals surface area contributed by atoms with Crippen molar-refractivity contribution in [2.24, 2.45) is 0 Å². The van der Waals surface area contributed by atoms with Gasteiger partial charge in [0.25, 0.3) is 0 Å². The predicted octanol–water partition coefficient (Wildman–Crippen LogP) is 4.17. The zero-order valence-electron chi connectivity index (χ0n) is 18.0. The molecule has 1 aliphatic rings. The Labute approximate surface area is 181 Å². The van der Waals surface area contributed by atoms with Crippen LogP contribution in [0.3, 0.4) is 0 Å². The SMILES string of the molecule is COc1ccc(CCS(=O)(=O)NCCCc2ccc(N3CCCCCC3)cc2)cc1. The minimum Gasteiger partial charge on any atom is -0.497 e. The van der Waals surface area contributed by atoms with Crippen molar-refractivity contribution >= 4 is 15.7 Å². The largest absolute Gasteiger partial charge is 0.497 e. The fourth-order valence-electron chi connectivity index (χ4n) is 3.84. The van der Waals surface area contributed by atoms with E-state index in [2.05, 4.69) is 33.9 Å². The number of anilines is 1. The monoisotopic (exact) mass is 430 g/mol. The van der Waals surface area contributed by atoms with E-state index in [-0.39, 0.29) is 5.75 Å². The van der Waals surface area contributed by atoms with Crippen LogP contribution in [-0.2, 0) is 22.9 Å². The van der Waals surface area contributed by atoms with E-state index in [1.165, 1.54) is 36.9 Å². The van der Waals surface area contributed by atoms with Gasteiger partial charge in [-0.1, -0.05) is 37.1 Å². The van der Waals surface area contributed by atoms with E-state index in [9.17, 15) is 8.42 Å². The van der Waals surface area contributed by atoms with Crippen molar-refractivity contribution in [3.63, 3.8) is 0 Å². The standard InChI is InChI=1S/C24H34N2O3S/c1-29-24-14-10-22(11-15-24)16-20-30(27,28)25-17-6-7-21-8-12-23(13-9-21)26-18-4-2-3-5-19-26/h8-15,25H,2-7,16-20H2,1H3. The van der Waals surface area contributed by atoms with Gasteiger partial charge >= 0.3 is 0 Å². The van der Waals surface area contributed by atoms with Crippen molar-refractivity contribution in [3.8, 4) is 5.75 Å². The maximum atomic E-state index is 12.2. The first kappa shape index (κ1) is 22.6. The molecule has 0 amide bonds. The summed E-state index contributed by atoms with van der Waals surface area (Å²) < 4.78 is 32.3. The third-order valence-electron chi connectivity index (χ3n) is 5.69. The highest BCUT2D eigenvalue weighted by molar-refractivity contribution is 7.89. The second-order valence-corrected chi connectivity index (χ2v) is 9.91. The molecule has 0 bridgehead atoms. The molecule has 6 heteroatoms. The Morgan fingerprint density at radius 3 is 2.10 bits per heavy atom. The quantitative estimate of drug-likeness (QED) is 0.575. The Morgan fingerprint density at radius 2 is 1.47 bits per heavy atom. The Kier molecular flexibility index (Phi) is 8.58. The van der Waals surface area contributed by atoms with Crippen LogP contribution in [-0.4, -0.2) is 40.9 Å². The first-order valence-electron chi connectivity index (χ1n) is 11.0. The lowest BCUT2D eigenvalue weighted by molar-refractivity contribution is 0.414. The molecule has 1 heterocycles. The van der Waals surface area contributed by atoms with Crippen LogP contribution in [0.15, 0.2) is 48.5 Å². The maximum Gasteiger partial charge on any atom is 0.211 e. The van der Waals surface area contributed by atoms with Crippen molar-refractivity contribution in [3.05, 3.63) is 59.7 Å². The summed E-state index contributed by atoms with van der Waals surface area (Å²) in [4.78, 5) is 2.48. The average molecular weight is 431 g/mol. The molecule has 1 aliphatic heterocycles. The van der Waals surface area contributed by atoms with Crippen LogP contribution < -0.4 is 14.4 Å². The van der Waals surface area contributed by atoms with Gasteiger partial charge in [0.1, 0.15) is 5.75 Å². The Hall–Kier alpha value is -2.05. The second kappa shape index (κ2) is 11.4. The molecule has 5 nitrogen and oxygen atoms in total. The molecule has 1 saturated heterocycles. The van der Waals surface area contributed by atoms with Crippen LogP contribution in [0.4, 0.5) is 5.69 Å². The van der Waals surface area contributed by atoms with E-state index < -0.39 is 10.0 Å². The van der Waals surface area contributed by atoms with Gasteiger partial charge < -0.3 is 9.64 Å². The van der Waals surface area contributed by atoms with Gasteiger partial charge in [-0.05, 0) is 67.5 Å². The fourth-order valence-corrected chi connectivity index (χ4v) is 4.94. The number of nitrogens with one attached hydrogen (secondary N) is 1. The molecule has 30 heavy (non-hydrogen) atoms. The number of sulfonamides is 1. The summed E-state index contributed by atoms with van der Waals surface area (Å²) in [6.07, 6.45) is 7.40. The molecular weight excluding hydrogens is 396 g/mol. The number of rotatable bonds is 10. The first-order chi connectivity index (χ1) is 14.6. The highest BCUT2D eigenvalue weighted by Gasteiger charge is 2.11. The third kappa shape index (κ3) is 7.33. The topological polar surface area (TPSA) is 58.6 Å². The highest BCUT2D eigenvalue weighted by Crippen LogP contribution is 2.20. The van der Waals surface area contributed by atoms with Gasteiger partial charge in [0, 0.05) is 25.3 Å². The van der Waals surface area contributed by atoms with Gasteiger partial charge in [0.2, 0.25) is 10.0 Å². The van der Waals surface area contributed by atoms with E-state index in [0.717, 1.165) is 37.2 Å². The van der Waals surface area contributed by atoms with E-state index in [0.29, 0.717) is 13.0 Å². The molecule has 0 spiro atoms. The predicted molar refractivity (Wildman–Crippen MR) is 124 cm³/mol.